The Morgan fingerprint density at radius 1 is 1.75 bits per heavy atom. The van der Waals surface area contributed by atoms with E-state index in [1.165, 1.54) is 24.2 Å². The van der Waals surface area contributed by atoms with Crippen LogP contribution in [0.5, 0.6) is 0 Å². The van der Waals surface area contributed by atoms with Crippen LogP contribution in [0.1, 0.15) is 35.6 Å². The van der Waals surface area contributed by atoms with E-state index in [0.717, 1.165) is 5.01 Å². The molecule has 12 heavy (non-hydrogen) atoms. The van der Waals surface area contributed by atoms with Crippen molar-refractivity contribution in [2.75, 3.05) is 6.67 Å². The van der Waals surface area contributed by atoms with Crippen molar-refractivity contribution < 1.29 is 9.50 Å². The minimum atomic E-state index is -1.02. The van der Waals surface area contributed by atoms with Gasteiger partial charge < -0.3 is 5.11 Å². The van der Waals surface area contributed by atoms with Crippen LogP contribution in [0.4, 0.5) is 4.39 Å². The fourth-order valence-electron chi connectivity index (χ4n) is 1.05. The number of nitrogens with zero attached hydrogens (tertiary/aromatic N) is 1. The van der Waals surface area contributed by atoms with Crippen LogP contribution < -0.4 is 0 Å². The third-order valence-electron chi connectivity index (χ3n) is 1.95. The van der Waals surface area contributed by atoms with Gasteiger partial charge in [-0.1, -0.05) is 0 Å². The molecule has 1 unspecified atom stereocenters. The standard InChI is InChI=1S/C8H10FNOS/c9-3-7(11)6-4-12-8(10-6)5-1-2-5/h4-5,7,11H,1-3H2. The molecule has 1 aromatic heterocycles. The first kappa shape index (κ1) is 8.13. The average molecular weight is 187 g/mol. The predicted octanol–water partition coefficient (Wildman–Crippen LogP) is 2.02. The van der Waals surface area contributed by atoms with Gasteiger partial charge in [-0.3, -0.25) is 0 Å². The Kier molecular flexibility index (Phi) is 2.11. The van der Waals surface area contributed by atoms with Crippen LogP contribution in [0.2, 0.25) is 0 Å². The Bertz CT molecular complexity index is 272. The zero-order chi connectivity index (χ0) is 8.55. The Hall–Kier alpha value is -0.480. The smallest absolute Gasteiger partial charge is 0.125 e. The van der Waals surface area contributed by atoms with Crippen LogP contribution in [0.25, 0.3) is 0 Å². The molecule has 1 aromatic rings. The van der Waals surface area contributed by atoms with Gasteiger partial charge in [0.2, 0.25) is 0 Å². The van der Waals surface area contributed by atoms with Crippen molar-refractivity contribution >= 4 is 11.3 Å². The fraction of sp³-hybridized carbons (Fsp3) is 0.625. The lowest BCUT2D eigenvalue weighted by Crippen LogP contribution is -1.99. The summed E-state index contributed by atoms with van der Waals surface area (Å²) in [5.41, 5.74) is 0.490. The van der Waals surface area contributed by atoms with Crippen molar-refractivity contribution in [3.63, 3.8) is 0 Å². The van der Waals surface area contributed by atoms with Crippen LogP contribution >= 0.6 is 11.3 Å². The van der Waals surface area contributed by atoms with E-state index in [4.69, 9.17) is 5.11 Å². The predicted molar refractivity (Wildman–Crippen MR) is 45.0 cm³/mol. The molecule has 0 aliphatic heterocycles. The maximum Gasteiger partial charge on any atom is 0.125 e. The van der Waals surface area contributed by atoms with E-state index in [1.807, 2.05) is 0 Å². The largest absolute Gasteiger partial charge is 0.384 e. The molecule has 0 amide bonds. The summed E-state index contributed by atoms with van der Waals surface area (Å²) in [6.07, 6.45) is 1.37. The zero-order valence-electron chi connectivity index (χ0n) is 6.53. The van der Waals surface area contributed by atoms with Crippen molar-refractivity contribution in [3.8, 4) is 0 Å². The number of aliphatic hydroxyl groups is 1. The van der Waals surface area contributed by atoms with Gasteiger partial charge in [-0.05, 0) is 12.8 Å². The molecule has 2 nitrogen and oxygen atoms in total. The Balaban J connectivity index is 2.12. The molecule has 4 heteroatoms. The number of aromatic nitrogens is 1. The molecule has 0 bridgehead atoms. The number of rotatable bonds is 3. The Morgan fingerprint density at radius 2 is 2.50 bits per heavy atom. The van der Waals surface area contributed by atoms with Gasteiger partial charge in [0, 0.05) is 11.3 Å². The first-order chi connectivity index (χ1) is 5.81. The lowest BCUT2D eigenvalue weighted by atomic mass is 10.3. The third-order valence-corrected chi connectivity index (χ3v) is 2.98. The molecule has 0 spiro atoms. The van der Waals surface area contributed by atoms with Gasteiger partial charge in [-0.15, -0.1) is 11.3 Å². The van der Waals surface area contributed by atoms with Crippen molar-refractivity contribution in [2.45, 2.75) is 24.9 Å². The quantitative estimate of drug-likeness (QED) is 0.785. The van der Waals surface area contributed by atoms with E-state index >= 15 is 0 Å². The van der Waals surface area contributed by atoms with Gasteiger partial charge >= 0.3 is 0 Å². The summed E-state index contributed by atoms with van der Waals surface area (Å²) in [4.78, 5) is 4.17. The molecule has 1 saturated carbocycles. The van der Waals surface area contributed by atoms with Gasteiger partial charge in [0.05, 0.1) is 10.7 Å². The molecular weight excluding hydrogens is 177 g/mol. The summed E-state index contributed by atoms with van der Waals surface area (Å²) in [5, 5.41) is 11.9. The molecule has 1 N–H and O–H groups in total. The van der Waals surface area contributed by atoms with Crippen LogP contribution in [0.3, 0.4) is 0 Å². The van der Waals surface area contributed by atoms with Crippen LogP contribution in [-0.2, 0) is 0 Å². The van der Waals surface area contributed by atoms with Gasteiger partial charge in [0.1, 0.15) is 12.8 Å². The molecule has 1 heterocycles. The topological polar surface area (TPSA) is 33.1 Å². The maximum absolute atomic E-state index is 12.0. The lowest BCUT2D eigenvalue weighted by molar-refractivity contribution is 0.138. The summed E-state index contributed by atoms with van der Waals surface area (Å²) in [7, 11) is 0. The van der Waals surface area contributed by atoms with Crippen molar-refractivity contribution in [1.82, 2.24) is 4.98 Å². The summed E-state index contributed by atoms with van der Waals surface area (Å²) < 4.78 is 12.0. The SMILES string of the molecule is OC(CF)c1csc(C2CC2)n1. The molecule has 1 aliphatic rings. The summed E-state index contributed by atoms with van der Waals surface area (Å²) in [5.74, 6) is 0.593. The molecule has 1 atom stereocenters. The molecule has 0 radical (unpaired) electrons. The second kappa shape index (κ2) is 3.11. The minimum Gasteiger partial charge on any atom is -0.384 e. The molecule has 0 aromatic carbocycles. The molecule has 66 valence electrons. The minimum absolute atomic E-state index is 0.490. The van der Waals surface area contributed by atoms with E-state index in [9.17, 15) is 4.39 Å². The lowest BCUT2D eigenvalue weighted by Gasteiger charge is -1.99. The number of halogens is 1. The molecule has 1 aliphatic carbocycles. The van der Waals surface area contributed by atoms with Gasteiger partial charge in [-0.25, -0.2) is 9.37 Å². The van der Waals surface area contributed by atoms with Crippen molar-refractivity contribution in [1.29, 1.82) is 0 Å². The number of alkyl halides is 1. The fourth-order valence-corrected chi connectivity index (χ4v) is 2.09. The molecule has 0 saturated heterocycles. The van der Waals surface area contributed by atoms with Crippen LogP contribution in [0.15, 0.2) is 5.38 Å². The van der Waals surface area contributed by atoms with Gasteiger partial charge in [0.15, 0.2) is 0 Å². The highest BCUT2D eigenvalue weighted by atomic mass is 32.1. The number of hydrogen-bond acceptors (Lipinski definition) is 3. The van der Waals surface area contributed by atoms with Crippen LogP contribution in [-0.4, -0.2) is 16.8 Å². The highest BCUT2D eigenvalue weighted by Gasteiger charge is 2.27. The maximum atomic E-state index is 12.0. The Morgan fingerprint density at radius 3 is 3.08 bits per heavy atom. The monoisotopic (exact) mass is 187 g/mol. The molecular formula is C8H10FNOS. The molecule has 1 fully saturated rings. The summed E-state index contributed by atoms with van der Waals surface area (Å²) in [6.45, 7) is -0.742. The summed E-state index contributed by atoms with van der Waals surface area (Å²) in [6, 6.07) is 0. The number of thiazole rings is 1. The highest BCUT2D eigenvalue weighted by Crippen LogP contribution is 2.41. The van der Waals surface area contributed by atoms with E-state index in [0.29, 0.717) is 11.6 Å². The first-order valence-corrected chi connectivity index (χ1v) is 4.88. The second-order valence-corrected chi connectivity index (χ2v) is 3.94. The van der Waals surface area contributed by atoms with E-state index in [1.54, 1.807) is 5.38 Å². The van der Waals surface area contributed by atoms with Crippen molar-refractivity contribution in [2.24, 2.45) is 0 Å². The van der Waals surface area contributed by atoms with E-state index in [-0.39, 0.29) is 0 Å². The van der Waals surface area contributed by atoms with Gasteiger partial charge in [-0.2, -0.15) is 0 Å². The second-order valence-electron chi connectivity index (χ2n) is 3.05. The normalized spacial score (nSPS) is 19.5. The average Bonchev–Trinajstić information content (AvgIpc) is 2.83. The zero-order valence-corrected chi connectivity index (χ0v) is 7.35. The third kappa shape index (κ3) is 1.49. The van der Waals surface area contributed by atoms with Crippen molar-refractivity contribution in [3.05, 3.63) is 16.1 Å². The van der Waals surface area contributed by atoms with E-state index in [2.05, 4.69) is 4.98 Å². The number of hydrogen-bond donors (Lipinski definition) is 1. The highest BCUT2D eigenvalue weighted by molar-refractivity contribution is 7.09. The number of aliphatic hydroxyl groups excluding tert-OH is 1. The van der Waals surface area contributed by atoms with E-state index < -0.39 is 12.8 Å². The Labute approximate surface area is 74.1 Å². The van der Waals surface area contributed by atoms with Crippen LogP contribution in [0, 0.1) is 0 Å². The first-order valence-electron chi connectivity index (χ1n) is 4.00. The molecule has 2 rings (SSSR count). The van der Waals surface area contributed by atoms with Gasteiger partial charge in [0.25, 0.3) is 0 Å². The summed E-state index contributed by atoms with van der Waals surface area (Å²) >= 11 is 1.53.